The number of fused-ring (bicyclic) bond motifs is 1. The number of rotatable bonds is 0. The minimum absolute atomic E-state index is 0.337. The maximum absolute atomic E-state index is 10.7. The largest absolute Gasteiger partial charge is 0.444 e. The van der Waals surface area contributed by atoms with Gasteiger partial charge in [-0.2, -0.15) is 0 Å². The number of ether oxygens (including phenoxy) is 1. The molecule has 4 heteroatoms. The molecule has 0 spiro atoms. The second kappa shape index (κ2) is 2.23. The van der Waals surface area contributed by atoms with Crippen molar-refractivity contribution < 1.29 is 9.53 Å². The van der Waals surface area contributed by atoms with Crippen molar-refractivity contribution in [2.24, 2.45) is 0 Å². The van der Waals surface area contributed by atoms with E-state index in [0.717, 1.165) is 11.3 Å². The molecule has 0 bridgehead atoms. The van der Waals surface area contributed by atoms with Gasteiger partial charge in [0.15, 0.2) is 0 Å². The Morgan fingerprint density at radius 2 is 2.55 bits per heavy atom. The van der Waals surface area contributed by atoms with Crippen LogP contribution in [0.2, 0.25) is 0 Å². The van der Waals surface area contributed by atoms with Crippen LogP contribution in [0.4, 0.5) is 10.5 Å². The lowest BCUT2D eigenvalue weighted by molar-refractivity contribution is 0.151. The van der Waals surface area contributed by atoms with Crippen molar-refractivity contribution in [2.75, 3.05) is 5.32 Å². The fourth-order valence-electron chi connectivity index (χ4n) is 0.951. The predicted octanol–water partition coefficient (Wildman–Crippen LogP) is 1.14. The van der Waals surface area contributed by atoms with Gasteiger partial charge in [0.05, 0.1) is 11.9 Å². The molecule has 11 heavy (non-hydrogen) atoms. The summed E-state index contributed by atoms with van der Waals surface area (Å²) in [6.07, 6.45) is 2.86. The van der Waals surface area contributed by atoms with Crippen molar-refractivity contribution in [1.82, 2.24) is 4.98 Å². The lowest BCUT2D eigenvalue weighted by atomic mass is 10.2. The van der Waals surface area contributed by atoms with Gasteiger partial charge in [0.2, 0.25) is 0 Å². The molecule has 0 atom stereocenters. The maximum atomic E-state index is 10.7. The molecule has 1 aliphatic rings. The van der Waals surface area contributed by atoms with E-state index in [9.17, 15) is 4.79 Å². The number of nitrogens with one attached hydrogen (secondary N) is 1. The number of cyclic esters (lactones) is 1. The van der Waals surface area contributed by atoms with Crippen molar-refractivity contribution in [3.8, 4) is 0 Å². The Morgan fingerprint density at radius 1 is 1.64 bits per heavy atom. The smallest absolute Gasteiger partial charge is 0.412 e. The monoisotopic (exact) mass is 150 g/mol. The van der Waals surface area contributed by atoms with E-state index in [2.05, 4.69) is 10.3 Å². The minimum atomic E-state index is -0.412. The van der Waals surface area contributed by atoms with Gasteiger partial charge < -0.3 is 4.74 Å². The Balaban J connectivity index is 2.41. The highest BCUT2D eigenvalue weighted by Crippen LogP contribution is 2.18. The van der Waals surface area contributed by atoms with Crippen molar-refractivity contribution in [2.45, 2.75) is 6.61 Å². The van der Waals surface area contributed by atoms with Crippen LogP contribution in [0.1, 0.15) is 5.56 Å². The van der Waals surface area contributed by atoms with Crippen LogP contribution in [0, 0.1) is 0 Å². The van der Waals surface area contributed by atoms with Crippen LogP contribution in [0.3, 0.4) is 0 Å². The van der Waals surface area contributed by atoms with E-state index in [4.69, 9.17) is 4.74 Å². The highest BCUT2D eigenvalue weighted by Gasteiger charge is 2.13. The normalized spacial score (nSPS) is 14.7. The van der Waals surface area contributed by atoms with Crippen LogP contribution in [-0.2, 0) is 11.3 Å². The Kier molecular flexibility index (Phi) is 1.25. The zero-order valence-electron chi connectivity index (χ0n) is 5.70. The fraction of sp³-hybridized carbons (Fsp3) is 0.143. The molecule has 1 aliphatic heterocycles. The lowest BCUT2D eigenvalue weighted by Crippen LogP contribution is -2.20. The Hall–Kier alpha value is -1.58. The summed E-state index contributed by atoms with van der Waals surface area (Å²) in [5, 5.41) is 2.54. The van der Waals surface area contributed by atoms with E-state index in [1.165, 1.54) is 0 Å². The topological polar surface area (TPSA) is 51.2 Å². The maximum Gasteiger partial charge on any atom is 0.412 e. The number of carbonyl (C=O) groups excluding carboxylic acids is 1. The number of amides is 1. The Bertz CT molecular complexity index is 298. The van der Waals surface area contributed by atoms with Gasteiger partial charge in [-0.3, -0.25) is 10.3 Å². The summed E-state index contributed by atoms with van der Waals surface area (Å²) in [5.41, 5.74) is 1.70. The molecule has 56 valence electrons. The molecule has 1 N–H and O–H groups in total. The van der Waals surface area contributed by atoms with E-state index in [1.807, 2.05) is 6.07 Å². The Labute approximate surface area is 63.2 Å². The molecule has 1 amide bonds. The lowest BCUT2D eigenvalue weighted by Gasteiger charge is -2.15. The zero-order valence-corrected chi connectivity index (χ0v) is 5.70. The van der Waals surface area contributed by atoms with Crippen molar-refractivity contribution in [1.29, 1.82) is 0 Å². The van der Waals surface area contributed by atoms with Crippen LogP contribution in [0.5, 0.6) is 0 Å². The third-order valence-electron chi connectivity index (χ3n) is 1.51. The number of aromatic nitrogens is 1. The molecule has 2 rings (SSSR count). The van der Waals surface area contributed by atoms with Crippen LogP contribution >= 0.6 is 0 Å². The van der Waals surface area contributed by atoms with Crippen LogP contribution in [0.15, 0.2) is 18.5 Å². The quantitative estimate of drug-likeness (QED) is 0.603. The number of carbonyl (C=O) groups is 1. The highest BCUT2D eigenvalue weighted by atomic mass is 16.5. The van der Waals surface area contributed by atoms with Crippen LogP contribution in [-0.4, -0.2) is 11.1 Å². The highest BCUT2D eigenvalue weighted by molar-refractivity contribution is 5.87. The van der Waals surface area contributed by atoms with E-state index >= 15 is 0 Å². The average molecular weight is 150 g/mol. The molecule has 2 heterocycles. The number of anilines is 1. The third kappa shape index (κ3) is 1.02. The Morgan fingerprint density at radius 3 is 3.45 bits per heavy atom. The van der Waals surface area contributed by atoms with E-state index in [-0.39, 0.29) is 0 Å². The first-order chi connectivity index (χ1) is 5.36. The summed E-state index contributed by atoms with van der Waals surface area (Å²) in [7, 11) is 0. The number of hydrogen-bond donors (Lipinski definition) is 1. The van der Waals surface area contributed by atoms with Crippen LogP contribution in [0.25, 0.3) is 0 Å². The van der Waals surface area contributed by atoms with Gasteiger partial charge in [-0.25, -0.2) is 4.79 Å². The van der Waals surface area contributed by atoms with Crippen molar-refractivity contribution in [3.05, 3.63) is 24.0 Å². The molecule has 0 aliphatic carbocycles. The molecular weight excluding hydrogens is 144 g/mol. The first-order valence-corrected chi connectivity index (χ1v) is 3.23. The van der Waals surface area contributed by atoms with Gasteiger partial charge in [0, 0.05) is 11.8 Å². The molecule has 0 saturated carbocycles. The minimum Gasteiger partial charge on any atom is -0.444 e. The number of hydrogen-bond acceptors (Lipinski definition) is 3. The summed E-state index contributed by atoms with van der Waals surface area (Å²) < 4.78 is 4.73. The summed E-state index contributed by atoms with van der Waals surface area (Å²) in [5.74, 6) is 0. The number of nitrogens with zero attached hydrogens (tertiary/aromatic N) is 1. The third-order valence-corrected chi connectivity index (χ3v) is 1.51. The van der Waals surface area contributed by atoms with Gasteiger partial charge >= 0.3 is 6.09 Å². The molecule has 0 unspecified atom stereocenters. The van der Waals surface area contributed by atoms with Gasteiger partial charge in [-0.15, -0.1) is 0 Å². The molecule has 0 aromatic carbocycles. The zero-order chi connectivity index (χ0) is 7.68. The van der Waals surface area contributed by atoms with Gasteiger partial charge in [0.1, 0.15) is 6.61 Å². The molecule has 0 radical (unpaired) electrons. The standard InChI is InChI=1S/C7H6N2O2/c10-7-9-6-3-8-2-1-5(6)4-11-7/h1-3H,4H2,(H,9,10). The first kappa shape index (κ1) is 6.15. The second-order valence-corrected chi connectivity index (χ2v) is 2.23. The van der Waals surface area contributed by atoms with E-state index < -0.39 is 6.09 Å². The molecule has 4 nitrogen and oxygen atoms in total. The van der Waals surface area contributed by atoms with Gasteiger partial charge in [-0.1, -0.05) is 0 Å². The summed E-state index contributed by atoms with van der Waals surface area (Å²) >= 11 is 0. The van der Waals surface area contributed by atoms with Crippen molar-refractivity contribution >= 4 is 11.8 Å². The van der Waals surface area contributed by atoms with E-state index in [1.54, 1.807) is 12.4 Å². The molecule has 1 aromatic rings. The molecule has 0 saturated heterocycles. The van der Waals surface area contributed by atoms with E-state index in [0.29, 0.717) is 6.61 Å². The predicted molar refractivity (Wildman–Crippen MR) is 38.0 cm³/mol. The van der Waals surface area contributed by atoms with Crippen molar-refractivity contribution in [3.63, 3.8) is 0 Å². The molecular formula is C7H6N2O2. The SMILES string of the molecule is O=C1Nc2cnccc2CO1. The van der Waals surface area contributed by atoms with Gasteiger partial charge in [0.25, 0.3) is 0 Å². The average Bonchev–Trinajstić information content (AvgIpc) is 2.04. The molecule has 0 fully saturated rings. The summed E-state index contributed by atoms with van der Waals surface area (Å²) in [6, 6.07) is 1.81. The molecule has 1 aromatic heterocycles. The summed E-state index contributed by atoms with van der Waals surface area (Å²) in [6.45, 7) is 0.337. The van der Waals surface area contributed by atoms with Gasteiger partial charge in [-0.05, 0) is 6.07 Å². The number of pyridine rings is 1. The first-order valence-electron chi connectivity index (χ1n) is 3.23. The fourth-order valence-corrected chi connectivity index (χ4v) is 0.951. The summed E-state index contributed by atoms with van der Waals surface area (Å²) in [4.78, 5) is 14.5. The van der Waals surface area contributed by atoms with Crippen LogP contribution < -0.4 is 5.32 Å². The second-order valence-electron chi connectivity index (χ2n) is 2.23.